The zero-order chi connectivity index (χ0) is 18.2. The van der Waals surface area contributed by atoms with Crippen LogP contribution in [0.2, 0.25) is 0 Å². The van der Waals surface area contributed by atoms with Gasteiger partial charge < -0.3 is 0 Å². The number of aryl methyl sites for hydroxylation is 1. The Morgan fingerprint density at radius 2 is 1.68 bits per heavy atom. The Balaban J connectivity index is 2.13. The van der Waals surface area contributed by atoms with Crippen molar-refractivity contribution in [1.82, 2.24) is 14.3 Å². The van der Waals surface area contributed by atoms with E-state index in [9.17, 15) is 18.0 Å². The summed E-state index contributed by atoms with van der Waals surface area (Å²) in [5.41, 5.74) is 0.847. The first kappa shape index (κ1) is 17.1. The first-order valence-corrected chi connectivity index (χ1v) is 7.63. The van der Waals surface area contributed by atoms with Crippen LogP contribution < -0.4 is 0 Å². The second kappa shape index (κ2) is 6.29. The molecule has 4 nitrogen and oxygen atoms in total. The summed E-state index contributed by atoms with van der Waals surface area (Å²) in [7, 11) is 1.34. The molecule has 0 aliphatic carbocycles. The summed E-state index contributed by atoms with van der Waals surface area (Å²) in [6.07, 6.45) is -4.67. The first-order chi connectivity index (χ1) is 11.8. The van der Waals surface area contributed by atoms with Crippen molar-refractivity contribution in [3.63, 3.8) is 0 Å². The molecule has 1 heterocycles. The number of halogens is 3. The van der Waals surface area contributed by atoms with Gasteiger partial charge in [0.1, 0.15) is 0 Å². The van der Waals surface area contributed by atoms with Crippen LogP contribution >= 0.6 is 12.2 Å². The van der Waals surface area contributed by atoms with Crippen LogP contribution in [0.1, 0.15) is 21.7 Å². The van der Waals surface area contributed by atoms with Gasteiger partial charge >= 0.3 is 6.18 Å². The molecule has 0 unspecified atom stereocenters. The summed E-state index contributed by atoms with van der Waals surface area (Å²) in [6.45, 7) is 0. The van der Waals surface area contributed by atoms with Crippen LogP contribution in [0.5, 0.6) is 0 Å². The summed E-state index contributed by atoms with van der Waals surface area (Å²) >= 11 is 5.05. The van der Waals surface area contributed by atoms with Crippen LogP contribution in [0.3, 0.4) is 0 Å². The highest BCUT2D eigenvalue weighted by Crippen LogP contribution is 2.30. The van der Waals surface area contributed by atoms with Gasteiger partial charge in [0.25, 0.3) is 0 Å². The fourth-order valence-corrected chi connectivity index (χ4v) is 2.66. The van der Waals surface area contributed by atoms with E-state index in [1.54, 1.807) is 36.4 Å². The quantitative estimate of drug-likeness (QED) is 0.517. The molecule has 2 aromatic carbocycles. The molecule has 0 saturated heterocycles. The zero-order valence-corrected chi connectivity index (χ0v) is 13.8. The third-order valence-electron chi connectivity index (χ3n) is 3.58. The number of nitrogens with zero attached hydrogens (tertiary/aromatic N) is 3. The molecule has 3 aromatic rings. The summed E-state index contributed by atoms with van der Waals surface area (Å²) in [5, 5.41) is 3.46. The maximum atomic E-state index is 13.2. The van der Waals surface area contributed by atoms with E-state index in [1.165, 1.54) is 25.2 Å². The second-order valence-electron chi connectivity index (χ2n) is 5.31. The Kier molecular flexibility index (Phi) is 4.30. The molecule has 1 aromatic heterocycles. The summed E-state index contributed by atoms with van der Waals surface area (Å²) in [6, 6.07) is 14.4. The van der Waals surface area contributed by atoms with Crippen molar-refractivity contribution < 1.29 is 18.0 Å². The van der Waals surface area contributed by atoms with E-state index in [4.69, 9.17) is 12.2 Å². The largest absolute Gasteiger partial charge is 0.452 e. The van der Waals surface area contributed by atoms with Crippen molar-refractivity contribution in [3.05, 3.63) is 76.3 Å². The van der Waals surface area contributed by atoms with E-state index in [0.717, 1.165) is 9.25 Å². The van der Waals surface area contributed by atoms with Crippen LogP contribution in [-0.4, -0.2) is 20.1 Å². The minimum Gasteiger partial charge on any atom is -0.289 e. The van der Waals surface area contributed by atoms with E-state index in [0.29, 0.717) is 5.56 Å². The van der Waals surface area contributed by atoms with Crippen LogP contribution in [-0.2, 0) is 13.2 Å². The summed E-state index contributed by atoms with van der Waals surface area (Å²) in [4.78, 5) is 12.5. The molecule has 0 spiro atoms. The highest BCUT2D eigenvalue weighted by Gasteiger charge is 2.38. The minimum absolute atomic E-state index is 0.114. The Morgan fingerprint density at radius 3 is 2.32 bits per heavy atom. The van der Waals surface area contributed by atoms with Gasteiger partial charge in [-0.3, -0.25) is 9.36 Å². The molecule has 0 N–H and O–H groups in total. The SMILES string of the molecule is Cn1nc(C(F)(F)F)n(-c2cccc(C(=O)c3ccccc3)c2)c1=S. The average molecular weight is 363 g/mol. The minimum atomic E-state index is -4.67. The lowest BCUT2D eigenvalue weighted by Crippen LogP contribution is -2.14. The number of aromatic nitrogens is 3. The smallest absolute Gasteiger partial charge is 0.289 e. The fraction of sp³-hybridized carbons (Fsp3) is 0.118. The van der Waals surface area contributed by atoms with Gasteiger partial charge in [0.2, 0.25) is 10.6 Å². The average Bonchev–Trinajstić information content (AvgIpc) is 2.90. The zero-order valence-electron chi connectivity index (χ0n) is 13.0. The van der Waals surface area contributed by atoms with Gasteiger partial charge in [0.05, 0.1) is 5.69 Å². The molecule has 0 atom stereocenters. The number of carbonyl (C=O) groups is 1. The monoisotopic (exact) mass is 363 g/mol. The van der Waals surface area contributed by atoms with Gasteiger partial charge in [0, 0.05) is 18.2 Å². The number of hydrogen-bond donors (Lipinski definition) is 0. The molecule has 0 bridgehead atoms. The fourth-order valence-electron chi connectivity index (χ4n) is 2.42. The van der Waals surface area contributed by atoms with Crippen molar-refractivity contribution in [2.24, 2.45) is 7.05 Å². The third kappa shape index (κ3) is 3.25. The molecule has 3 rings (SSSR count). The normalized spacial score (nSPS) is 11.5. The molecule has 0 aliphatic rings. The Labute approximate surface area is 146 Å². The van der Waals surface area contributed by atoms with Crippen molar-refractivity contribution in [2.45, 2.75) is 6.18 Å². The molecule has 0 radical (unpaired) electrons. The van der Waals surface area contributed by atoms with Crippen LogP contribution in [0.4, 0.5) is 13.2 Å². The standard InChI is InChI=1S/C17H12F3N3OS/c1-22-16(25)23(15(21-22)17(18,19)20)13-9-5-8-12(10-13)14(24)11-6-3-2-4-7-11/h2-10H,1H3. The molecule has 0 saturated carbocycles. The molecule has 0 fully saturated rings. The van der Waals surface area contributed by atoms with Gasteiger partial charge in [0.15, 0.2) is 5.78 Å². The number of ketones is 1. The van der Waals surface area contributed by atoms with Crippen molar-refractivity contribution in [2.75, 3.05) is 0 Å². The van der Waals surface area contributed by atoms with Crippen LogP contribution in [0.25, 0.3) is 5.69 Å². The van der Waals surface area contributed by atoms with E-state index in [1.807, 2.05) is 0 Å². The maximum absolute atomic E-state index is 13.2. The van der Waals surface area contributed by atoms with Gasteiger partial charge in [-0.15, -0.1) is 5.10 Å². The molecule has 0 aliphatic heterocycles. The lowest BCUT2D eigenvalue weighted by atomic mass is 10.0. The molecule has 128 valence electrons. The third-order valence-corrected chi connectivity index (χ3v) is 4.03. The molecule has 8 heteroatoms. The summed E-state index contributed by atoms with van der Waals surface area (Å²) in [5.74, 6) is -1.42. The number of rotatable bonds is 3. The Morgan fingerprint density at radius 1 is 1.04 bits per heavy atom. The first-order valence-electron chi connectivity index (χ1n) is 7.22. The molecular formula is C17H12F3N3OS. The number of alkyl halides is 3. The highest BCUT2D eigenvalue weighted by molar-refractivity contribution is 7.71. The van der Waals surface area contributed by atoms with E-state index in [-0.39, 0.29) is 21.8 Å². The Hall–Kier alpha value is -2.74. The molecule has 25 heavy (non-hydrogen) atoms. The summed E-state index contributed by atoms with van der Waals surface area (Å²) < 4.78 is 41.4. The molecule has 0 amide bonds. The van der Waals surface area contributed by atoms with E-state index < -0.39 is 12.0 Å². The highest BCUT2D eigenvalue weighted by atomic mass is 32.1. The van der Waals surface area contributed by atoms with Crippen LogP contribution in [0, 0.1) is 4.77 Å². The predicted molar refractivity (Wildman–Crippen MR) is 88.2 cm³/mol. The Bertz CT molecular complexity index is 990. The van der Waals surface area contributed by atoms with Gasteiger partial charge in [-0.1, -0.05) is 42.5 Å². The maximum Gasteiger partial charge on any atom is 0.452 e. The second-order valence-corrected chi connectivity index (χ2v) is 5.67. The molecular weight excluding hydrogens is 351 g/mol. The lowest BCUT2D eigenvalue weighted by Gasteiger charge is -2.10. The predicted octanol–water partition coefficient (Wildman–Crippen LogP) is 4.19. The van der Waals surface area contributed by atoms with Crippen molar-refractivity contribution in [3.8, 4) is 5.69 Å². The van der Waals surface area contributed by atoms with E-state index in [2.05, 4.69) is 5.10 Å². The van der Waals surface area contributed by atoms with Crippen molar-refractivity contribution >= 4 is 18.0 Å². The van der Waals surface area contributed by atoms with Crippen molar-refractivity contribution in [1.29, 1.82) is 0 Å². The number of hydrogen-bond acceptors (Lipinski definition) is 3. The van der Waals surface area contributed by atoms with Gasteiger partial charge in [-0.2, -0.15) is 13.2 Å². The number of carbonyl (C=O) groups excluding carboxylic acids is 1. The van der Waals surface area contributed by atoms with Gasteiger partial charge in [-0.05, 0) is 24.4 Å². The van der Waals surface area contributed by atoms with Gasteiger partial charge in [-0.25, -0.2) is 4.68 Å². The topological polar surface area (TPSA) is 39.8 Å². The van der Waals surface area contributed by atoms with E-state index >= 15 is 0 Å². The number of benzene rings is 2. The van der Waals surface area contributed by atoms with Crippen LogP contribution in [0.15, 0.2) is 54.6 Å². The lowest BCUT2D eigenvalue weighted by molar-refractivity contribution is -0.146.